The Morgan fingerprint density at radius 1 is 1.35 bits per heavy atom. The van der Waals surface area contributed by atoms with E-state index in [1.54, 1.807) is 12.1 Å². The zero-order chi connectivity index (χ0) is 12.3. The van der Waals surface area contributed by atoms with E-state index < -0.39 is 6.10 Å². The second-order valence-electron chi connectivity index (χ2n) is 4.98. The molecule has 1 N–H and O–H groups in total. The van der Waals surface area contributed by atoms with E-state index in [2.05, 4.69) is 0 Å². The summed E-state index contributed by atoms with van der Waals surface area (Å²) in [6.45, 7) is 0. The number of halogens is 2. The van der Waals surface area contributed by atoms with Crippen molar-refractivity contribution in [3.8, 4) is 0 Å². The molecule has 1 aromatic rings. The molecule has 0 aromatic heterocycles. The molecule has 94 valence electrons. The molecule has 1 unspecified atom stereocenters. The molecule has 1 saturated carbocycles. The Kier molecular flexibility index (Phi) is 4.41. The van der Waals surface area contributed by atoms with Crippen molar-refractivity contribution in [2.45, 2.75) is 44.6 Å². The number of aliphatic hydroxyl groups is 1. The van der Waals surface area contributed by atoms with Crippen LogP contribution in [0.15, 0.2) is 18.2 Å². The van der Waals surface area contributed by atoms with Gasteiger partial charge in [-0.15, -0.1) is 0 Å². The van der Waals surface area contributed by atoms with Crippen molar-refractivity contribution in [1.82, 2.24) is 0 Å². The molecule has 17 heavy (non-hydrogen) atoms. The van der Waals surface area contributed by atoms with Crippen molar-refractivity contribution in [3.05, 3.63) is 34.6 Å². The summed E-state index contributed by atoms with van der Waals surface area (Å²) in [5.41, 5.74) is 0.555. The third-order valence-corrected chi connectivity index (χ3v) is 3.79. The Balaban J connectivity index is 1.90. The number of hydrogen-bond donors (Lipinski definition) is 1. The highest BCUT2D eigenvalue weighted by Crippen LogP contribution is 2.29. The standard InChI is InChI=1S/C14H18ClFO/c15-12-6-5-11(14(16)9-12)8-13(17)7-10-3-1-2-4-10/h5-6,9-10,13,17H,1-4,7-8H2. The molecule has 0 radical (unpaired) electrons. The molecule has 2 rings (SSSR count). The Bertz CT molecular complexity index is 374. The first-order chi connectivity index (χ1) is 8.15. The third kappa shape index (κ3) is 3.68. The summed E-state index contributed by atoms with van der Waals surface area (Å²) in [4.78, 5) is 0. The van der Waals surface area contributed by atoms with Gasteiger partial charge in [-0.05, 0) is 30.0 Å². The van der Waals surface area contributed by atoms with Gasteiger partial charge in [-0.2, -0.15) is 0 Å². The lowest BCUT2D eigenvalue weighted by molar-refractivity contribution is 0.142. The molecule has 1 aliphatic carbocycles. The molecular weight excluding hydrogens is 239 g/mol. The van der Waals surface area contributed by atoms with Crippen LogP contribution < -0.4 is 0 Å². The van der Waals surface area contributed by atoms with Gasteiger partial charge < -0.3 is 5.11 Å². The number of aliphatic hydroxyl groups excluding tert-OH is 1. The predicted molar refractivity (Wildman–Crippen MR) is 67.7 cm³/mol. The van der Waals surface area contributed by atoms with Gasteiger partial charge in [0.25, 0.3) is 0 Å². The van der Waals surface area contributed by atoms with Crippen LogP contribution in [-0.4, -0.2) is 11.2 Å². The molecule has 0 saturated heterocycles. The average Bonchev–Trinajstić information content (AvgIpc) is 2.75. The minimum absolute atomic E-state index is 0.317. The van der Waals surface area contributed by atoms with Crippen LogP contribution >= 0.6 is 11.6 Å². The monoisotopic (exact) mass is 256 g/mol. The SMILES string of the molecule is OC(Cc1ccc(Cl)cc1F)CC1CCCC1. The van der Waals surface area contributed by atoms with E-state index in [0.717, 1.165) is 6.42 Å². The van der Waals surface area contributed by atoms with Crippen LogP contribution in [0.3, 0.4) is 0 Å². The topological polar surface area (TPSA) is 20.2 Å². The molecule has 0 heterocycles. The summed E-state index contributed by atoms with van der Waals surface area (Å²) in [6, 6.07) is 4.64. The number of benzene rings is 1. The molecule has 1 fully saturated rings. The maximum atomic E-state index is 13.5. The van der Waals surface area contributed by atoms with Crippen molar-refractivity contribution in [2.24, 2.45) is 5.92 Å². The first-order valence-corrected chi connectivity index (χ1v) is 6.65. The summed E-state index contributed by atoms with van der Waals surface area (Å²) < 4.78 is 13.5. The normalized spacial score (nSPS) is 18.5. The highest BCUT2D eigenvalue weighted by Gasteiger charge is 2.19. The molecule has 3 heteroatoms. The van der Waals surface area contributed by atoms with Crippen molar-refractivity contribution >= 4 is 11.6 Å². The molecule has 0 aliphatic heterocycles. The van der Waals surface area contributed by atoms with E-state index >= 15 is 0 Å². The first kappa shape index (κ1) is 12.8. The zero-order valence-electron chi connectivity index (χ0n) is 9.83. The molecule has 1 atom stereocenters. The predicted octanol–water partition coefficient (Wildman–Crippen LogP) is 3.96. The lowest BCUT2D eigenvalue weighted by Crippen LogP contribution is -2.15. The van der Waals surface area contributed by atoms with Gasteiger partial charge in [0, 0.05) is 11.4 Å². The van der Waals surface area contributed by atoms with Crippen molar-refractivity contribution in [3.63, 3.8) is 0 Å². The van der Waals surface area contributed by atoms with Crippen LogP contribution in [0.5, 0.6) is 0 Å². The van der Waals surface area contributed by atoms with Gasteiger partial charge >= 0.3 is 0 Å². The highest BCUT2D eigenvalue weighted by molar-refractivity contribution is 6.30. The fourth-order valence-electron chi connectivity index (χ4n) is 2.66. The first-order valence-electron chi connectivity index (χ1n) is 6.27. The Morgan fingerprint density at radius 2 is 2.06 bits per heavy atom. The van der Waals surface area contributed by atoms with Crippen LogP contribution in [-0.2, 0) is 6.42 Å². The molecule has 1 nitrogen and oxygen atoms in total. The Hall–Kier alpha value is -0.600. The molecule has 0 bridgehead atoms. The van der Waals surface area contributed by atoms with Crippen molar-refractivity contribution < 1.29 is 9.50 Å². The van der Waals surface area contributed by atoms with Crippen LogP contribution in [0.4, 0.5) is 4.39 Å². The Labute approximate surface area is 107 Å². The molecule has 0 spiro atoms. The average molecular weight is 257 g/mol. The fourth-order valence-corrected chi connectivity index (χ4v) is 2.81. The lowest BCUT2D eigenvalue weighted by atomic mass is 9.96. The maximum Gasteiger partial charge on any atom is 0.127 e. The minimum atomic E-state index is -0.436. The lowest BCUT2D eigenvalue weighted by Gasteiger charge is -2.15. The number of hydrogen-bond acceptors (Lipinski definition) is 1. The van der Waals surface area contributed by atoms with E-state index in [0.29, 0.717) is 22.9 Å². The minimum Gasteiger partial charge on any atom is -0.393 e. The second-order valence-corrected chi connectivity index (χ2v) is 5.42. The fraction of sp³-hybridized carbons (Fsp3) is 0.571. The van der Waals surface area contributed by atoms with Crippen molar-refractivity contribution in [2.75, 3.05) is 0 Å². The van der Waals surface area contributed by atoms with E-state index in [1.165, 1.54) is 31.7 Å². The van der Waals surface area contributed by atoms with E-state index in [9.17, 15) is 9.50 Å². The van der Waals surface area contributed by atoms with Gasteiger partial charge in [0.2, 0.25) is 0 Å². The van der Waals surface area contributed by atoms with Gasteiger partial charge in [0.1, 0.15) is 5.82 Å². The van der Waals surface area contributed by atoms with Gasteiger partial charge in [0.15, 0.2) is 0 Å². The molecule has 1 aliphatic rings. The van der Waals surface area contributed by atoms with Crippen LogP contribution in [0.2, 0.25) is 5.02 Å². The van der Waals surface area contributed by atoms with Gasteiger partial charge in [-0.1, -0.05) is 43.4 Å². The summed E-state index contributed by atoms with van der Waals surface area (Å²) in [5.74, 6) is 0.309. The maximum absolute atomic E-state index is 13.5. The largest absolute Gasteiger partial charge is 0.393 e. The van der Waals surface area contributed by atoms with Crippen molar-refractivity contribution in [1.29, 1.82) is 0 Å². The van der Waals surface area contributed by atoms with Crippen LogP contribution in [0.1, 0.15) is 37.7 Å². The summed E-state index contributed by atoms with van der Waals surface area (Å²) >= 11 is 5.69. The second kappa shape index (κ2) is 5.83. The third-order valence-electron chi connectivity index (χ3n) is 3.55. The quantitative estimate of drug-likeness (QED) is 0.865. The van der Waals surface area contributed by atoms with E-state index in [4.69, 9.17) is 11.6 Å². The summed E-state index contributed by atoms with van der Waals surface area (Å²) in [6.07, 6.45) is 5.70. The Morgan fingerprint density at radius 3 is 2.71 bits per heavy atom. The molecular formula is C14H18ClFO. The van der Waals surface area contributed by atoms with Gasteiger partial charge in [0.05, 0.1) is 6.10 Å². The summed E-state index contributed by atoms with van der Waals surface area (Å²) in [7, 11) is 0. The highest BCUT2D eigenvalue weighted by atomic mass is 35.5. The number of rotatable bonds is 4. The van der Waals surface area contributed by atoms with Crippen LogP contribution in [0, 0.1) is 11.7 Å². The zero-order valence-corrected chi connectivity index (χ0v) is 10.6. The smallest absolute Gasteiger partial charge is 0.127 e. The van der Waals surface area contributed by atoms with E-state index in [-0.39, 0.29) is 5.82 Å². The van der Waals surface area contributed by atoms with Crippen LogP contribution in [0.25, 0.3) is 0 Å². The molecule has 1 aromatic carbocycles. The van der Waals surface area contributed by atoms with Gasteiger partial charge in [-0.25, -0.2) is 4.39 Å². The van der Waals surface area contributed by atoms with E-state index in [1.807, 2.05) is 0 Å². The molecule has 0 amide bonds. The summed E-state index contributed by atoms with van der Waals surface area (Å²) in [5, 5.41) is 10.4. The van der Waals surface area contributed by atoms with Gasteiger partial charge in [-0.3, -0.25) is 0 Å².